The van der Waals surface area contributed by atoms with Crippen molar-refractivity contribution in [2.24, 2.45) is 0 Å². The van der Waals surface area contributed by atoms with Crippen LogP contribution in [0.5, 0.6) is 0 Å². The SMILES string of the molecule is Cc1ccccc1NC(=C1C(=O)Nc2ccc(N)cc21)c1ccccc1. The van der Waals surface area contributed by atoms with Gasteiger partial charge in [-0.1, -0.05) is 48.5 Å². The maximum Gasteiger partial charge on any atom is 0.258 e. The molecule has 0 saturated heterocycles. The molecule has 4 N–H and O–H groups in total. The van der Waals surface area contributed by atoms with E-state index >= 15 is 0 Å². The van der Waals surface area contributed by atoms with Crippen LogP contribution < -0.4 is 16.4 Å². The summed E-state index contributed by atoms with van der Waals surface area (Å²) in [5, 5.41) is 6.41. The van der Waals surface area contributed by atoms with Crippen molar-refractivity contribution in [2.45, 2.75) is 6.92 Å². The number of nitrogen functional groups attached to an aromatic ring is 1. The molecule has 0 bridgehead atoms. The van der Waals surface area contributed by atoms with Crippen molar-refractivity contribution in [1.29, 1.82) is 0 Å². The first kappa shape index (κ1) is 16.0. The first-order valence-corrected chi connectivity index (χ1v) is 8.47. The van der Waals surface area contributed by atoms with Crippen molar-refractivity contribution < 1.29 is 4.79 Å². The lowest BCUT2D eigenvalue weighted by Crippen LogP contribution is -2.10. The lowest BCUT2D eigenvalue weighted by Gasteiger charge is -2.16. The van der Waals surface area contributed by atoms with E-state index in [1.165, 1.54) is 0 Å². The third kappa shape index (κ3) is 2.82. The number of hydrogen-bond donors (Lipinski definition) is 3. The number of anilines is 3. The molecule has 0 unspecified atom stereocenters. The number of aryl methyl sites for hydroxylation is 1. The fourth-order valence-corrected chi connectivity index (χ4v) is 3.16. The molecule has 1 aliphatic rings. The highest BCUT2D eigenvalue weighted by Gasteiger charge is 2.28. The Morgan fingerprint density at radius 1 is 0.962 bits per heavy atom. The second-order valence-corrected chi connectivity index (χ2v) is 6.32. The number of carbonyl (C=O) groups excluding carboxylic acids is 1. The molecular formula is C22H19N3O. The summed E-state index contributed by atoms with van der Waals surface area (Å²) in [5.41, 5.74) is 12.6. The van der Waals surface area contributed by atoms with E-state index in [1.54, 1.807) is 6.07 Å². The maximum absolute atomic E-state index is 12.8. The van der Waals surface area contributed by atoms with Gasteiger partial charge in [0.1, 0.15) is 0 Å². The van der Waals surface area contributed by atoms with Gasteiger partial charge in [0.25, 0.3) is 5.91 Å². The van der Waals surface area contributed by atoms with E-state index in [2.05, 4.69) is 10.6 Å². The number of benzene rings is 3. The monoisotopic (exact) mass is 341 g/mol. The molecule has 128 valence electrons. The average molecular weight is 341 g/mol. The Balaban J connectivity index is 1.94. The second-order valence-electron chi connectivity index (χ2n) is 6.32. The molecule has 0 atom stereocenters. The molecule has 1 heterocycles. The molecule has 0 radical (unpaired) electrons. The van der Waals surface area contributed by atoms with Gasteiger partial charge in [-0.15, -0.1) is 0 Å². The molecule has 4 rings (SSSR count). The van der Waals surface area contributed by atoms with Gasteiger partial charge < -0.3 is 16.4 Å². The number of para-hydroxylation sites is 1. The summed E-state index contributed by atoms with van der Waals surface area (Å²) >= 11 is 0. The summed E-state index contributed by atoms with van der Waals surface area (Å²) in [4.78, 5) is 12.8. The van der Waals surface area contributed by atoms with Crippen LogP contribution in [0, 0.1) is 6.92 Å². The van der Waals surface area contributed by atoms with E-state index in [9.17, 15) is 4.79 Å². The van der Waals surface area contributed by atoms with Gasteiger partial charge in [-0.25, -0.2) is 0 Å². The van der Waals surface area contributed by atoms with Gasteiger partial charge in [-0.3, -0.25) is 4.79 Å². The highest BCUT2D eigenvalue weighted by molar-refractivity contribution is 6.37. The Morgan fingerprint density at radius 3 is 2.46 bits per heavy atom. The fraction of sp³-hybridized carbons (Fsp3) is 0.0455. The van der Waals surface area contributed by atoms with Gasteiger partial charge >= 0.3 is 0 Å². The molecule has 0 spiro atoms. The third-order valence-corrected chi connectivity index (χ3v) is 4.51. The first-order valence-electron chi connectivity index (χ1n) is 8.47. The zero-order chi connectivity index (χ0) is 18.1. The minimum absolute atomic E-state index is 0.134. The number of nitrogens with one attached hydrogen (secondary N) is 2. The number of carbonyl (C=O) groups is 1. The lowest BCUT2D eigenvalue weighted by atomic mass is 9.99. The van der Waals surface area contributed by atoms with Crippen molar-refractivity contribution in [3.05, 3.63) is 89.5 Å². The summed E-state index contributed by atoms with van der Waals surface area (Å²) in [6.45, 7) is 2.04. The molecule has 26 heavy (non-hydrogen) atoms. The topological polar surface area (TPSA) is 67.2 Å². The molecule has 0 saturated carbocycles. The standard InChI is InChI=1S/C22H19N3O/c1-14-7-5-6-10-18(14)24-21(15-8-3-2-4-9-15)20-17-13-16(23)11-12-19(17)25-22(20)26/h2-13,24H,23H2,1H3,(H,25,26). The molecule has 0 aromatic heterocycles. The van der Waals surface area contributed by atoms with Gasteiger partial charge in [-0.05, 0) is 42.3 Å². The molecule has 3 aromatic carbocycles. The van der Waals surface area contributed by atoms with Crippen LogP contribution in [0.1, 0.15) is 16.7 Å². The van der Waals surface area contributed by atoms with Crippen LogP contribution in [0.15, 0.2) is 72.8 Å². The van der Waals surface area contributed by atoms with Crippen LogP contribution in [-0.2, 0) is 4.79 Å². The summed E-state index contributed by atoms with van der Waals surface area (Å²) in [5.74, 6) is -0.134. The van der Waals surface area contributed by atoms with E-state index in [4.69, 9.17) is 5.73 Å². The third-order valence-electron chi connectivity index (χ3n) is 4.51. The van der Waals surface area contributed by atoms with E-state index in [0.29, 0.717) is 11.3 Å². The van der Waals surface area contributed by atoms with Crippen molar-refractivity contribution in [2.75, 3.05) is 16.4 Å². The molecule has 1 aliphatic heterocycles. The lowest BCUT2D eigenvalue weighted by molar-refractivity contribution is -0.110. The van der Waals surface area contributed by atoms with Gasteiger partial charge in [0.05, 0.1) is 11.3 Å². The number of nitrogens with two attached hydrogens (primary N) is 1. The van der Waals surface area contributed by atoms with Crippen molar-refractivity contribution in [3.63, 3.8) is 0 Å². The van der Waals surface area contributed by atoms with E-state index in [-0.39, 0.29) is 5.91 Å². The predicted molar refractivity (Wildman–Crippen MR) is 108 cm³/mol. The fourth-order valence-electron chi connectivity index (χ4n) is 3.16. The van der Waals surface area contributed by atoms with E-state index < -0.39 is 0 Å². The van der Waals surface area contributed by atoms with Crippen LogP contribution >= 0.6 is 0 Å². The van der Waals surface area contributed by atoms with E-state index in [1.807, 2.05) is 73.7 Å². The van der Waals surface area contributed by atoms with Crippen LogP contribution in [0.25, 0.3) is 11.3 Å². The molecule has 4 heteroatoms. The molecule has 1 amide bonds. The Morgan fingerprint density at radius 2 is 1.69 bits per heavy atom. The Bertz CT molecular complexity index is 1020. The summed E-state index contributed by atoms with van der Waals surface area (Å²) < 4.78 is 0. The number of amides is 1. The summed E-state index contributed by atoms with van der Waals surface area (Å²) in [6.07, 6.45) is 0. The van der Waals surface area contributed by atoms with Crippen LogP contribution in [-0.4, -0.2) is 5.91 Å². The number of hydrogen-bond acceptors (Lipinski definition) is 3. The predicted octanol–water partition coefficient (Wildman–Crippen LogP) is 4.51. The zero-order valence-electron chi connectivity index (χ0n) is 14.4. The van der Waals surface area contributed by atoms with Crippen molar-refractivity contribution in [3.8, 4) is 0 Å². The molecule has 4 nitrogen and oxygen atoms in total. The normalized spacial score (nSPS) is 14.6. The zero-order valence-corrected chi connectivity index (χ0v) is 14.4. The number of rotatable bonds is 3. The van der Waals surface area contributed by atoms with Gasteiger partial charge in [0, 0.05) is 22.6 Å². The van der Waals surface area contributed by atoms with Gasteiger partial charge in [0.15, 0.2) is 0 Å². The highest BCUT2D eigenvalue weighted by atomic mass is 16.2. The summed E-state index contributed by atoms with van der Waals surface area (Å²) in [6, 6.07) is 23.3. The molecular weight excluding hydrogens is 322 g/mol. The van der Waals surface area contributed by atoms with E-state index in [0.717, 1.165) is 33.8 Å². The van der Waals surface area contributed by atoms with Gasteiger partial charge in [-0.2, -0.15) is 0 Å². The quantitative estimate of drug-likeness (QED) is 0.485. The Kier molecular flexibility index (Phi) is 3.93. The minimum Gasteiger partial charge on any atom is -0.399 e. The smallest absolute Gasteiger partial charge is 0.258 e. The summed E-state index contributed by atoms with van der Waals surface area (Å²) in [7, 11) is 0. The van der Waals surface area contributed by atoms with Crippen LogP contribution in [0.4, 0.5) is 17.1 Å². The van der Waals surface area contributed by atoms with Crippen molar-refractivity contribution in [1.82, 2.24) is 0 Å². The Labute approximate surface area is 152 Å². The molecule has 0 aliphatic carbocycles. The second kappa shape index (κ2) is 6.41. The van der Waals surface area contributed by atoms with Crippen LogP contribution in [0.3, 0.4) is 0 Å². The first-order chi connectivity index (χ1) is 12.6. The van der Waals surface area contributed by atoms with Gasteiger partial charge in [0.2, 0.25) is 0 Å². The van der Waals surface area contributed by atoms with Crippen molar-refractivity contribution >= 4 is 34.2 Å². The maximum atomic E-state index is 12.8. The largest absolute Gasteiger partial charge is 0.399 e. The van der Waals surface area contributed by atoms with Crippen LogP contribution in [0.2, 0.25) is 0 Å². The highest BCUT2D eigenvalue weighted by Crippen LogP contribution is 2.38. The average Bonchev–Trinajstić information content (AvgIpc) is 2.97. The molecule has 3 aromatic rings. The molecule has 0 fully saturated rings. The number of fused-ring (bicyclic) bond motifs is 1. The minimum atomic E-state index is -0.134. The Hall–Kier alpha value is -3.53.